The summed E-state index contributed by atoms with van der Waals surface area (Å²) in [6, 6.07) is 6.13. The number of nitrogens with one attached hydrogen (secondary N) is 1. The number of aromatic nitrogens is 1. The Morgan fingerprint density at radius 2 is 1.92 bits per heavy atom. The average molecular weight is 394 g/mol. The second-order valence-corrected chi connectivity index (χ2v) is 9.65. The zero-order chi connectivity index (χ0) is 18.7. The highest BCUT2D eigenvalue weighted by Gasteiger charge is 2.28. The molecule has 1 amide bonds. The Kier molecular flexibility index (Phi) is 5.74. The van der Waals surface area contributed by atoms with Gasteiger partial charge in [0.15, 0.2) is 0 Å². The molecule has 140 valence electrons. The summed E-state index contributed by atoms with van der Waals surface area (Å²) in [6.07, 6.45) is 1.77. The highest BCUT2D eigenvalue weighted by Crippen LogP contribution is 2.23. The van der Waals surface area contributed by atoms with Crippen LogP contribution < -0.4 is 5.32 Å². The molecule has 6 nitrogen and oxygen atoms in total. The minimum absolute atomic E-state index is 0.235. The molecule has 0 unspecified atom stereocenters. The molecule has 0 radical (unpaired) electrons. The molecule has 1 aromatic carbocycles. The van der Waals surface area contributed by atoms with Crippen LogP contribution in [0.1, 0.15) is 40.8 Å². The summed E-state index contributed by atoms with van der Waals surface area (Å²) < 4.78 is 26.9. The van der Waals surface area contributed by atoms with Crippen molar-refractivity contribution in [3.05, 3.63) is 45.9 Å². The molecule has 0 atom stereocenters. The largest absolute Gasteiger partial charge is 0.346 e. The molecule has 1 saturated heterocycles. The van der Waals surface area contributed by atoms with Gasteiger partial charge in [-0.3, -0.25) is 4.79 Å². The van der Waals surface area contributed by atoms with E-state index >= 15 is 0 Å². The molecule has 1 fully saturated rings. The average Bonchev–Trinajstić information content (AvgIpc) is 3.05. The van der Waals surface area contributed by atoms with Crippen molar-refractivity contribution >= 4 is 27.3 Å². The van der Waals surface area contributed by atoms with E-state index in [9.17, 15) is 13.2 Å². The second-order valence-electron chi connectivity index (χ2n) is 6.65. The van der Waals surface area contributed by atoms with Gasteiger partial charge in [0, 0.05) is 24.0 Å². The lowest BCUT2D eigenvalue weighted by Gasteiger charge is -2.29. The molecule has 0 saturated carbocycles. The van der Waals surface area contributed by atoms with E-state index in [0.29, 0.717) is 31.1 Å². The predicted octanol–water partition coefficient (Wildman–Crippen LogP) is 2.80. The first-order valence-electron chi connectivity index (χ1n) is 8.65. The number of thiazole rings is 1. The maximum Gasteiger partial charge on any atom is 0.251 e. The van der Waals surface area contributed by atoms with Crippen molar-refractivity contribution in [2.75, 3.05) is 13.1 Å². The topological polar surface area (TPSA) is 79.4 Å². The lowest BCUT2D eigenvalue weighted by atomic mass is 10.0. The molecule has 1 aliphatic heterocycles. The Bertz CT molecular complexity index is 867. The van der Waals surface area contributed by atoms with Gasteiger partial charge < -0.3 is 5.32 Å². The Hall–Kier alpha value is -1.77. The van der Waals surface area contributed by atoms with E-state index in [4.69, 9.17) is 0 Å². The zero-order valence-corrected chi connectivity index (χ0v) is 16.6. The smallest absolute Gasteiger partial charge is 0.251 e. The molecular weight excluding hydrogens is 370 g/mol. The number of amides is 1. The summed E-state index contributed by atoms with van der Waals surface area (Å²) in [5.74, 6) is 0.320. The fourth-order valence-electron chi connectivity index (χ4n) is 2.91. The highest BCUT2D eigenvalue weighted by atomic mass is 32.2. The van der Waals surface area contributed by atoms with Crippen LogP contribution in [-0.2, 0) is 16.6 Å². The van der Waals surface area contributed by atoms with Crippen LogP contribution in [-0.4, -0.2) is 36.7 Å². The van der Waals surface area contributed by atoms with Crippen molar-refractivity contribution in [1.29, 1.82) is 0 Å². The fraction of sp³-hybridized carbons (Fsp3) is 0.444. The SMILES string of the molecule is Cc1nc(CNC(=O)c2ccc(S(=O)(=O)N3CCC(C)CC3)cc2)cs1. The van der Waals surface area contributed by atoms with Gasteiger partial charge in [0.2, 0.25) is 10.0 Å². The fourth-order valence-corrected chi connectivity index (χ4v) is 5.00. The van der Waals surface area contributed by atoms with Gasteiger partial charge in [0.05, 0.1) is 22.1 Å². The van der Waals surface area contributed by atoms with E-state index in [-0.39, 0.29) is 10.8 Å². The van der Waals surface area contributed by atoms with Gasteiger partial charge in [-0.25, -0.2) is 13.4 Å². The summed E-state index contributed by atoms with van der Waals surface area (Å²) in [4.78, 5) is 16.8. The minimum Gasteiger partial charge on any atom is -0.346 e. The summed E-state index contributed by atoms with van der Waals surface area (Å²) in [5, 5.41) is 5.66. The van der Waals surface area contributed by atoms with Crippen molar-refractivity contribution in [1.82, 2.24) is 14.6 Å². The lowest BCUT2D eigenvalue weighted by molar-refractivity contribution is 0.0950. The second kappa shape index (κ2) is 7.85. The van der Waals surface area contributed by atoms with Gasteiger partial charge in [-0.1, -0.05) is 6.92 Å². The Labute approximate surface area is 158 Å². The lowest BCUT2D eigenvalue weighted by Crippen LogP contribution is -2.37. The van der Waals surface area contributed by atoms with E-state index < -0.39 is 10.0 Å². The predicted molar refractivity (Wildman–Crippen MR) is 102 cm³/mol. The summed E-state index contributed by atoms with van der Waals surface area (Å²) >= 11 is 1.54. The first-order valence-corrected chi connectivity index (χ1v) is 11.0. The molecule has 0 spiro atoms. The Balaban J connectivity index is 1.64. The quantitative estimate of drug-likeness (QED) is 0.847. The van der Waals surface area contributed by atoms with Gasteiger partial charge in [0.25, 0.3) is 5.91 Å². The zero-order valence-electron chi connectivity index (χ0n) is 14.9. The van der Waals surface area contributed by atoms with Crippen LogP contribution in [0.5, 0.6) is 0 Å². The van der Waals surface area contributed by atoms with Crippen LogP contribution in [0.4, 0.5) is 0 Å². The number of benzene rings is 1. The Morgan fingerprint density at radius 3 is 2.50 bits per heavy atom. The number of carbonyl (C=O) groups excluding carboxylic acids is 1. The van der Waals surface area contributed by atoms with Crippen LogP contribution in [0, 0.1) is 12.8 Å². The number of piperidine rings is 1. The normalized spacial score (nSPS) is 16.5. The van der Waals surface area contributed by atoms with Crippen molar-refractivity contribution in [3.8, 4) is 0 Å². The monoisotopic (exact) mass is 393 g/mol. The van der Waals surface area contributed by atoms with Crippen LogP contribution in [0.25, 0.3) is 0 Å². The van der Waals surface area contributed by atoms with Crippen LogP contribution in [0.3, 0.4) is 0 Å². The van der Waals surface area contributed by atoms with Gasteiger partial charge >= 0.3 is 0 Å². The number of sulfonamides is 1. The first kappa shape index (κ1) is 19.0. The Morgan fingerprint density at radius 1 is 1.27 bits per heavy atom. The third kappa shape index (κ3) is 4.31. The molecule has 1 aromatic heterocycles. The molecule has 1 N–H and O–H groups in total. The summed E-state index contributed by atoms with van der Waals surface area (Å²) in [6.45, 7) is 5.52. The molecule has 0 bridgehead atoms. The molecule has 1 aliphatic rings. The number of hydrogen-bond acceptors (Lipinski definition) is 5. The highest BCUT2D eigenvalue weighted by molar-refractivity contribution is 7.89. The number of aryl methyl sites for hydroxylation is 1. The van der Waals surface area contributed by atoms with E-state index in [1.807, 2.05) is 12.3 Å². The van der Waals surface area contributed by atoms with Crippen molar-refractivity contribution in [2.45, 2.75) is 38.1 Å². The number of nitrogens with zero attached hydrogens (tertiary/aromatic N) is 2. The molecule has 2 aromatic rings. The van der Waals surface area contributed by atoms with Crippen LogP contribution >= 0.6 is 11.3 Å². The van der Waals surface area contributed by atoms with Crippen LogP contribution in [0.2, 0.25) is 0 Å². The van der Waals surface area contributed by atoms with Gasteiger partial charge in [-0.2, -0.15) is 4.31 Å². The number of rotatable bonds is 5. The molecule has 8 heteroatoms. The molecule has 2 heterocycles. The molecule has 26 heavy (non-hydrogen) atoms. The molecular formula is C18H23N3O3S2. The standard InChI is InChI=1S/C18H23N3O3S2/c1-13-7-9-21(10-8-13)26(23,24)17-5-3-15(4-6-17)18(22)19-11-16-12-25-14(2)20-16/h3-6,12-13H,7-11H2,1-2H3,(H,19,22). The van der Waals surface area contributed by atoms with E-state index in [1.165, 1.54) is 27.8 Å². The van der Waals surface area contributed by atoms with Crippen molar-refractivity contribution in [2.24, 2.45) is 5.92 Å². The van der Waals surface area contributed by atoms with Crippen molar-refractivity contribution < 1.29 is 13.2 Å². The van der Waals surface area contributed by atoms with Gasteiger partial charge in [-0.15, -0.1) is 11.3 Å². The third-order valence-electron chi connectivity index (χ3n) is 4.59. The van der Waals surface area contributed by atoms with Crippen molar-refractivity contribution in [3.63, 3.8) is 0 Å². The first-order chi connectivity index (χ1) is 12.4. The van der Waals surface area contributed by atoms with Gasteiger partial charge in [-0.05, 0) is 49.9 Å². The summed E-state index contributed by atoms with van der Waals surface area (Å²) in [5.41, 5.74) is 1.25. The molecule has 3 rings (SSSR count). The minimum atomic E-state index is -3.49. The van der Waals surface area contributed by atoms with E-state index in [1.54, 1.807) is 12.1 Å². The number of carbonyl (C=O) groups is 1. The van der Waals surface area contributed by atoms with Crippen LogP contribution in [0.15, 0.2) is 34.5 Å². The number of hydrogen-bond donors (Lipinski definition) is 1. The third-order valence-corrected chi connectivity index (χ3v) is 7.33. The van der Waals surface area contributed by atoms with E-state index in [2.05, 4.69) is 17.2 Å². The summed E-state index contributed by atoms with van der Waals surface area (Å²) in [7, 11) is -3.49. The maximum absolute atomic E-state index is 12.7. The maximum atomic E-state index is 12.7. The van der Waals surface area contributed by atoms with Gasteiger partial charge in [0.1, 0.15) is 0 Å². The van der Waals surface area contributed by atoms with E-state index in [0.717, 1.165) is 23.5 Å². The molecule has 0 aliphatic carbocycles.